The number of carbonyl (C=O) groups excluding carboxylic acids is 2. The van der Waals surface area contributed by atoms with Crippen molar-refractivity contribution in [3.05, 3.63) is 95.2 Å². The Balaban J connectivity index is 1.55. The Morgan fingerprint density at radius 1 is 1.00 bits per heavy atom. The molecule has 2 heterocycles. The highest BCUT2D eigenvalue weighted by Gasteiger charge is 2.42. The molecule has 4 aromatic rings. The van der Waals surface area contributed by atoms with Crippen molar-refractivity contribution >= 4 is 28.4 Å². The van der Waals surface area contributed by atoms with Gasteiger partial charge in [0.15, 0.2) is 0 Å². The lowest BCUT2D eigenvalue weighted by molar-refractivity contribution is -0.117. The molecule has 0 radical (unpaired) electrons. The molecule has 0 bridgehead atoms. The van der Waals surface area contributed by atoms with Crippen molar-refractivity contribution in [2.45, 2.75) is 19.4 Å². The normalized spacial score (nSPS) is 15.0. The van der Waals surface area contributed by atoms with E-state index in [-0.39, 0.29) is 24.4 Å². The number of aromatic nitrogens is 1. The van der Waals surface area contributed by atoms with Crippen LogP contribution < -0.4 is 10.1 Å². The van der Waals surface area contributed by atoms with E-state index in [0.717, 1.165) is 45.5 Å². The quantitative estimate of drug-likeness (QED) is 0.450. The molecular weight excluding hydrogens is 426 g/mol. The van der Waals surface area contributed by atoms with Gasteiger partial charge in [-0.15, -0.1) is 0 Å². The van der Waals surface area contributed by atoms with Crippen molar-refractivity contribution in [1.29, 1.82) is 0 Å². The number of methoxy groups -OCH3 is 1. The summed E-state index contributed by atoms with van der Waals surface area (Å²) in [5.74, 6) is 0.380. The average Bonchev–Trinajstić information content (AvgIpc) is 3.31. The summed E-state index contributed by atoms with van der Waals surface area (Å²) in [7, 11) is 3.53. The summed E-state index contributed by atoms with van der Waals surface area (Å²) in [4.78, 5) is 28.5. The number of nitrogens with zero attached hydrogens (tertiary/aromatic N) is 2. The van der Waals surface area contributed by atoms with Gasteiger partial charge in [-0.3, -0.25) is 9.59 Å². The lowest BCUT2D eigenvalue weighted by Crippen LogP contribution is -2.37. The minimum Gasteiger partial charge on any atom is -0.497 e. The number of amides is 2. The van der Waals surface area contributed by atoms with Crippen molar-refractivity contribution in [1.82, 2.24) is 9.47 Å². The SMILES string of the molecule is CCc1ccccc1NC(=O)CN1C(=O)c2c(c3ccccc3n2C)[C@H]1c1ccc(OC)cc1. The van der Waals surface area contributed by atoms with Crippen LogP contribution in [0.2, 0.25) is 0 Å². The van der Waals surface area contributed by atoms with Gasteiger partial charge in [0.05, 0.1) is 13.2 Å². The molecule has 0 fully saturated rings. The van der Waals surface area contributed by atoms with Gasteiger partial charge < -0.3 is 19.5 Å². The van der Waals surface area contributed by atoms with Gasteiger partial charge in [-0.25, -0.2) is 0 Å². The van der Waals surface area contributed by atoms with Crippen LogP contribution >= 0.6 is 0 Å². The molecule has 1 aliphatic rings. The average molecular weight is 454 g/mol. The number of para-hydroxylation sites is 2. The summed E-state index contributed by atoms with van der Waals surface area (Å²) in [6.45, 7) is 2.01. The maximum atomic E-state index is 13.7. The summed E-state index contributed by atoms with van der Waals surface area (Å²) < 4.78 is 7.27. The van der Waals surface area contributed by atoms with Crippen molar-refractivity contribution in [2.24, 2.45) is 7.05 Å². The molecule has 6 heteroatoms. The number of aryl methyl sites for hydroxylation is 2. The topological polar surface area (TPSA) is 63.6 Å². The highest BCUT2D eigenvalue weighted by Crippen LogP contribution is 2.44. The fraction of sp³-hybridized carbons (Fsp3) is 0.214. The largest absolute Gasteiger partial charge is 0.497 e. The first kappa shape index (κ1) is 21.8. The minimum absolute atomic E-state index is 0.0451. The summed E-state index contributed by atoms with van der Waals surface area (Å²) >= 11 is 0. The first-order valence-corrected chi connectivity index (χ1v) is 11.4. The second kappa shape index (κ2) is 8.71. The predicted octanol–water partition coefficient (Wildman–Crippen LogP) is 4.93. The molecule has 34 heavy (non-hydrogen) atoms. The lowest BCUT2D eigenvalue weighted by atomic mass is 9.98. The van der Waals surface area contributed by atoms with Crippen LogP contribution in [0.3, 0.4) is 0 Å². The molecule has 5 rings (SSSR count). The van der Waals surface area contributed by atoms with Gasteiger partial charge in [-0.05, 0) is 41.8 Å². The van der Waals surface area contributed by atoms with Crippen LogP contribution in [0, 0.1) is 0 Å². The number of nitrogens with one attached hydrogen (secondary N) is 1. The van der Waals surface area contributed by atoms with Gasteiger partial charge in [-0.2, -0.15) is 0 Å². The number of hydrogen-bond donors (Lipinski definition) is 1. The zero-order chi connectivity index (χ0) is 23.8. The van der Waals surface area contributed by atoms with Crippen LogP contribution in [0.4, 0.5) is 5.69 Å². The van der Waals surface area contributed by atoms with Gasteiger partial charge in [-0.1, -0.05) is 55.5 Å². The van der Waals surface area contributed by atoms with Crippen LogP contribution in [0.15, 0.2) is 72.8 Å². The predicted molar refractivity (Wildman–Crippen MR) is 133 cm³/mol. The van der Waals surface area contributed by atoms with Gasteiger partial charge >= 0.3 is 0 Å². The molecule has 0 spiro atoms. The maximum absolute atomic E-state index is 13.7. The van der Waals surface area contributed by atoms with Crippen LogP contribution in [0.5, 0.6) is 5.75 Å². The van der Waals surface area contributed by atoms with E-state index >= 15 is 0 Å². The van der Waals surface area contributed by atoms with Gasteiger partial charge in [0.1, 0.15) is 18.0 Å². The molecule has 0 saturated heterocycles. The van der Waals surface area contributed by atoms with Crippen molar-refractivity contribution in [2.75, 3.05) is 19.0 Å². The fourth-order valence-corrected chi connectivity index (χ4v) is 4.96. The molecule has 2 amide bonds. The number of benzene rings is 3. The summed E-state index contributed by atoms with van der Waals surface area (Å²) in [5, 5.41) is 4.03. The highest BCUT2D eigenvalue weighted by molar-refractivity contribution is 6.08. The Labute approximate surface area is 198 Å². The van der Waals surface area contributed by atoms with Gasteiger partial charge in [0.2, 0.25) is 5.91 Å². The Morgan fingerprint density at radius 2 is 1.71 bits per heavy atom. The second-order valence-corrected chi connectivity index (χ2v) is 8.51. The zero-order valence-electron chi connectivity index (χ0n) is 19.5. The molecule has 1 aromatic heterocycles. The van der Waals surface area contributed by atoms with Crippen LogP contribution in [0.1, 0.15) is 40.1 Å². The lowest BCUT2D eigenvalue weighted by Gasteiger charge is -2.26. The van der Waals surface area contributed by atoms with E-state index < -0.39 is 0 Å². The van der Waals surface area contributed by atoms with E-state index in [1.807, 2.05) is 84.4 Å². The Morgan fingerprint density at radius 3 is 2.44 bits per heavy atom. The minimum atomic E-state index is -0.369. The molecular formula is C28H27N3O3. The molecule has 3 aromatic carbocycles. The van der Waals surface area contributed by atoms with Gasteiger partial charge in [0, 0.05) is 29.2 Å². The number of carbonyl (C=O) groups is 2. The molecule has 6 nitrogen and oxygen atoms in total. The Bertz CT molecular complexity index is 1390. The number of hydrogen-bond acceptors (Lipinski definition) is 3. The van der Waals surface area contributed by atoms with Crippen molar-refractivity contribution in [3.63, 3.8) is 0 Å². The van der Waals surface area contributed by atoms with E-state index in [2.05, 4.69) is 12.2 Å². The molecule has 1 atom stereocenters. The van der Waals surface area contributed by atoms with Crippen molar-refractivity contribution < 1.29 is 14.3 Å². The fourth-order valence-electron chi connectivity index (χ4n) is 4.96. The molecule has 0 saturated carbocycles. The van der Waals surface area contributed by atoms with E-state index in [0.29, 0.717) is 5.69 Å². The highest BCUT2D eigenvalue weighted by atomic mass is 16.5. The molecule has 1 aliphatic heterocycles. The Hall–Kier alpha value is -4.06. The van der Waals surface area contributed by atoms with E-state index in [4.69, 9.17) is 4.74 Å². The third-order valence-corrected chi connectivity index (χ3v) is 6.61. The maximum Gasteiger partial charge on any atom is 0.272 e. The number of anilines is 1. The third kappa shape index (κ3) is 3.52. The van der Waals surface area contributed by atoms with Crippen LogP contribution in [0.25, 0.3) is 10.9 Å². The summed E-state index contributed by atoms with van der Waals surface area (Å²) in [6, 6.07) is 23.1. The standard InChI is InChI=1S/C28H27N3O3/c1-4-18-9-5-7-11-22(18)29-24(32)17-31-26(19-13-15-20(34-3)16-14-19)25-21-10-6-8-12-23(21)30(2)27(25)28(31)33/h5-16,26H,4,17H2,1-3H3,(H,29,32)/t26-/m1/s1. The number of ether oxygens (including phenoxy) is 1. The Kier molecular flexibility index (Phi) is 5.57. The summed E-state index contributed by atoms with van der Waals surface area (Å²) in [6.07, 6.45) is 0.811. The van der Waals surface area contributed by atoms with E-state index in [1.54, 1.807) is 12.0 Å². The second-order valence-electron chi connectivity index (χ2n) is 8.51. The molecule has 0 aliphatic carbocycles. The monoisotopic (exact) mass is 453 g/mol. The molecule has 1 N–H and O–H groups in total. The third-order valence-electron chi connectivity index (χ3n) is 6.61. The van der Waals surface area contributed by atoms with Crippen molar-refractivity contribution in [3.8, 4) is 5.75 Å². The zero-order valence-corrected chi connectivity index (χ0v) is 19.5. The molecule has 0 unspecified atom stereocenters. The molecule has 172 valence electrons. The first-order chi connectivity index (χ1) is 16.5. The summed E-state index contributed by atoms with van der Waals surface area (Å²) in [5.41, 5.74) is 5.35. The number of rotatable bonds is 6. The number of fused-ring (bicyclic) bond motifs is 3. The van der Waals surface area contributed by atoms with Crippen LogP contribution in [-0.2, 0) is 18.3 Å². The van der Waals surface area contributed by atoms with Gasteiger partial charge in [0.25, 0.3) is 5.91 Å². The van der Waals surface area contributed by atoms with E-state index in [9.17, 15) is 9.59 Å². The van der Waals surface area contributed by atoms with Crippen LogP contribution in [-0.4, -0.2) is 34.9 Å². The van der Waals surface area contributed by atoms with E-state index in [1.165, 1.54) is 0 Å². The smallest absolute Gasteiger partial charge is 0.272 e. The first-order valence-electron chi connectivity index (χ1n) is 11.4.